The molecule has 1 aliphatic rings. The SMILES string of the molecule is Fc1cc(Br)cc(F)c1[C@@H]1CCCNC1. The maximum atomic E-state index is 13.6. The van der Waals surface area contributed by atoms with E-state index in [1.54, 1.807) is 0 Å². The molecule has 2 rings (SSSR count). The van der Waals surface area contributed by atoms with E-state index in [1.165, 1.54) is 12.1 Å². The van der Waals surface area contributed by atoms with E-state index >= 15 is 0 Å². The summed E-state index contributed by atoms with van der Waals surface area (Å²) in [6, 6.07) is 2.65. The zero-order valence-corrected chi connectivity index (χ0v) is 9.78. The van der Waals surface area contributed by atoms with Gasteiger partial charge in [0.2, 0.25) is 0 Å². The van der Waals surface area contributed by atoms with Crippen LogP contribution in [0.25, 0.3) is 0 Å². The lowest BCUT2D eigenvalue weighted by atomic mass is 9.91. The van der Waals surface area contributed by atoms with Crippen LogP contribution in [-0.4, -0.2) is 13.1 Å². The molecule has 1 saturated heterocycles. The molecule has 1 heterocycles. The molecule has 1 aromatic rings. The zero-order chi connectivity index (χ0) is 10.8. The molecule has 82 valence electrons. The predicted molar refractivity (Wildman–Crippen MR) is 58.9 cm³/mol. The molecule has 1 aromatic carbocycles. The first kappa shape index (κ1) is 11.0. The summed E-state index contributed by atoms with van der Waals surface area (Å²) < 4.78 is 27.6. The van der Waals surface area contributed by atoms with Gasteiger partial charge in [0.1, 0.15) is 11.6 Å². The Labute approximate surface area is 96.0 Å². The second kappa shape index (κ2) is 4.58. The molecule has 1 aliphatic heterocycles. The Morgan fingerprint density at radius 1 is 1.27 bits per heavy atom. The van der Waals surface area contributed by atoms with E-state index in [-0.39, 0.29) is 11.5 Å². The van der Waals surface area contributed by atoms with E-state index in [1.807, 2.05) is 0 Å². The minimum absolute atomic E-state index is 0.0353. The summed E-state index contributed by atoms with van der Waals surface area (Å²) in [5.74, 6) is -0.932. The van der Waals surface area contributed by atoms with Gasteiger partial charge < -0.3 is 5.32 Å². The third-order valence-corrected chi connectivity index (χ3v) is 3.21. The van der Waals surface area contributed by atoms with Gasteiger partial charge in [0, 0.05) is 22.5 Å². The van der Waals surface area contributed by atoms with E-state index in [0.29, 0.717) is 11.0 Å². The molecule has 0 aliphatic carbocycles. The van der Waals surface area contributed by atoms with Crippen molar-refractivity contribution in [2.45, 2.75) is 18.8 Å². The minimum atomic E-state index is -0.449. The number of halogens is 3. The maximum absolute atomic E-state index is 13.6. The number of benzene rings is 1. The third kappa shape index (κ3) is 2.37. The molecule has 0 bridgehead atoms. The highest BCUT2D eigenvalue weighted by atomic mass is 79.9. The van der Waals surface area contributed by atoms with Crippen molar-refractivity contribution < 1.29 is 8.78 Å². The molecule has 0 unspecified atom stereocenters. The third-order valence-electron chi connectivity index (χ3n) is 2.75. The summed E-state index contributed by atoms with van der Waals surface area (Å²) in [6.07, 6.45) is 1.82. The van der Waals surface area contributed by atoms with Crippen molar-refractivity contribution in [3.05, 3.63) is 33.8 Å². The Morgan fingerprint density at radius 3 is 2.47 bits per heavy atom. The number of nitrogens with one attached hydrogen (secondary N) is 1. The summed E-state index contributed by atoms with van der Waals surface area (Å²) in [6.45, 7) is 1.60. The normalized spacial score (nSPS) is 21.7. The minimum Gasteiger partial charge on any atom is -0.316 e. The van der Waals surface area contributed by atoms with Gasteiger partial charge in [0.05, 0.1) is 0 Å². The van der Waals surface area contributed by atoms with Crippen LogP contribution in [0.5, 0.6) is 0 Å². The van der Waals surface area contributed by atoms with E-state index in [9.17, 15) is 8.78 Å². The molecule has 4 heteroatoms. The molecule has 0 aromatic heterocycles. The summed E-state index contributed by atoms with van der Waals surface area (Å²) in [7, 11) is 0. The fourth-order valence-corrected chi connectivity index (χ4v) is 2.44. The quantitative estimate of drug-likeness (QED) is 0.830. The molecule has 0 amide bonds. The molecule has 15 heavy (non-hydrogen) atoms. The summed E-state index contributed by atoms with van der Waals surface area (Å²) in [5, 5.41) is 3.16. The Kier molecular flexibility index (Phi) is 3.36. The lowest BCUT2D eigenvalue weighted by Gasteiger charge is -2.23. The summed E-state index contributed by atoms with van der Waals surface area (Å²) in [4.78, 5) is 0. The summed E-state index contributed by atoms with van der Waals surface area (Å²) in [5.41, 5.74) is 0.227. The van der Waals surface area contributed by atoms with Crippen molar-refractivity contribution in [3.8, 4) is 0 Å². The molecular formula is C11H12BrF2N. The highest BCUT2D eigenvalue weighted by molar-refractivity contribution is 9.10. The van der Waals surface area contributed by atoms with Crippen LogP contribution in [-0.2, 0) is 0 Å². The molecule has 1 N–H and O–H groups in total. The second-order valence-corrected chi connectivity index (χ2v) is 4.74. The lowest BCUT2D eigenvalue weighted by molar-refractivity contribution is 0.428. The van der Waals surface area contributed by atoms with Crippen molar-refractivity contribution in [2.75, 3.05) is 13.1 Å². The van der Waals surface area contributed by atoms with E-state index in [2.05, 4.69) is 21.2 Å². The largest absolute Gasteiger partial charge is 0.316 e. The van der Waals surface area contributed by atoms with Gasteiger partial charge in [-0.1, -0.05) is 15.9 Å². The van der Waals surface area contributed by atoms with Gasteiger partial charge in [0.15, 0.2) is 0 Å². The van der Waals surface area contributed by atoms with Gasteiger partial charge in [-0.05, 0) is 31.5 Å². The summed E-state index contributed by atoms with van der Waals surface area (Å²) >= 11 is 3.08. The molecule has 0 spiro atoms. The Morgan fingerprint density at radius 2 is 1.93 bits per heavy atom. The molecule has 0 saturated carbocycles. The highest BCUT2D eigenvalue weighted by Crippen LogP contribution is 2.30. The van der Waals surface area contributed by atoms with Crippen molar-refractivity contribution in [1.82, 2.24) is 5.32 Å². The van der Waals surface area contributed by atoms with Gasteiger partial charge >= 0.3 is 0 Å². The van der Waals surface area contributed by atoms with Crippen LogP contribution in [0.4, 0.5) is 8.78 Å². The van der Waals surface area contributed by atoms with Crippen LogP contribution >= 0.6 is 15.9 Å². The molecule has 1 fully saturated rings. The molecule has 1 atom stereocenters. The van der Waals surface area contributed by atoms with Crippen molar-refractivity contribution in [1.29, 1.82) is 0 Å². The Balaban J connectivity index is 2.33. The molecular weight excluding hydrogens is 264 g/mol. The van der Waals surface area contributed by atoms with Crippen LogP contribution in [0.1, 0.15) is 24.3 Å². The number of hydrogen-bond acceptors (Lipinski definition) is 1. The van der Waals surface area contributed by atoms with Gasteiger partial charge in [-0.15, -0.1) is 0 Å². The topological polar surface area (TPSA) is 12.0 Å². The number of piperidine rings is 1. The lowest BCUT2D eigenvalue weighted by Crippen LogP contribution is -2.29. The predicted octanol–water partition coefficient (Wildman–Crippen LogP) is 3.19. The van der Waals surface area contributed by atoms with Crippen molar-refractivity contribution >= 4 is 15.9 Å². The number of hydrogen-bond donors (Lipinski definition) is 1. The smallest absolute Gasteiger partial charge is 0.130 e. The van der Waals surface area contributed by atoms with Crippen LogP contribution in [0, 0.1) is 11.6 Å². The fraction of sp³-hybridized carbons (Fsp3) is 0.455. The van der Waals surface area contributed by atoms with Gasteiger partial charge in [0.25, 0.3) is 0 Å². The Bertz CT molecular complexity index is 339. The first-order valence-electron chi connectivity index (χ1n) is 5.03. The first-order valence-corrected chi connectivity index (χ1v) is 5.83. The number of rotatable bonds is 1. The van der Waals surface area contributed by atoms with Crippen LogP contribution in [0.2, 0.25) is 0 Å². The maximum Gasteiger partial charge on any atom is 0.130 e. The standard InChI is InChI=1S/C11H12BrF2N/c12-8-4-9(13)11(10(14)5-8)7-2-1-3-15-6-7/h4-5,7,15H,1-3,6H2/t7-/m1/s1. The molecule has 0 radical (unpaired) electrons. The average molecular weight is 276 g/mol. The van der Waals surface area contributed by atoms with Gasteiger partial charge in [-0.25, -0.2) is 8.78 Å². The highest BCUT2D eigenvalue weighted by Gasteiger charge is 2.22. The Hall–Kier alpha value is -0.480. The van der Waals surface area contributed by atoms with Crippen molar-refractivity contribution in [3.63, 3.8) is 0 Å². The van der Waals surface area contributed by atoms with Gasteiger partial charge in [-0.2, -0.15) is 0 Å². The van der Waals surface area contributed by atoms with Crippen molar-refractivity contribution in [2.24, 2.45) is 0 Å². The fourth-order valence-electron chi connectivity index (χ4n) is 2.04. The van der Waals surface area contributed by atoms with E-state index < -0.39 is 11.6 Å². The van der Waals surface area contributed by atoms with E-state index in [4.69, 9.17) is 0 Å². The van der Waals surface area contributed by atoms with Crippen LogP contribution in [0.15, 0.2) is 16.6 Å². The first-order chi connectivity index (χ1) is 7.18. The van der Waals surface area contributed by atoms with E-state index in [0.717, 1.165) is 19.4 Å². The monoisotopic (exact) mass is 275 g/mol. The van der Waals surface area contributed by atoms with Crippen LogP contribution in [0.3, 0.4) is 0 Å². The zero-order valence-electron chi connectivity index (χ0n) is 8.19. The van der Waals surface area contributed by atoms with Crippen LogP contribution < -0.4 is 5.32 Å². The average Bonchev–Trinajstić information content (AvgIpc) is 2.17. The second-order valence-electron chi connectivity index (χ2n) is 3.83. The molecule has 1 nitrogen and oxygen atoms in total. The van der Waals surface area contributed by atoms with Gasteiger partial charge in [-0.3, -0.25) is 0 Å².